The third-order valence-corrected chi connectivity index (χ3v) is 4.41. The van der Waals surface area contributed by atoms with Crippen molar-refractivity contribution >= 4 is 16.7 Å². The number of ketones is 1. The Bertz CT molecular complexity index is 875. The standard InChI is InChI=1S/C21H23NO2/c1-5-24-21(3,4)22-15(2)19(17-13-9-10-14-18(17)22)20(23)16-11-7-6-8-12-16/h6-14H,5H2,1-4H3. The highest BCUT2D eigenvalue weighted by atomic mass is 16.5. The normalized spacial score (nSPS) is 11.8. The van der Waals surface area contributed by atoms with Crippen molar-refractivity contribution in [3.05, 3.63) is 71.4 Å². The first-order chi connectivity index (χ1) is 11.5. The quantitative estimate of drug-likeness (QED) is 0.625. The van der Waals surface area contributed by atoms with Gasteiger partial charge in [0.25, 0.3) is 0 Å². The average Bonchev–Trinajstić information content (AvgIpc) is 2.87. The van der Waals surface area contributed by atoms with Crippen molar-refractivity contribution in [3.63, 3.8) is 0 Å². The second-order valence-electron chi connectivity index (χ2n) is 6.39. The fourth-order valence-corrected chi connectivity index (χ4v) is 3.50. The molecule has 0 spiro atoms. The van der Waals surface area contributed by atoms with Gasteiger partial charge in [0.1, 0.15) is 5.72 Å². The molecule has 0 atom stereocenters. The van der Waals surface area contributed by atoms with E-state index in [2.05, 4.69) is 4.57 Å². The van der Waals surface area contributed by atoms with Crippen LogP contribution in [0.4, 0.5) is 0 Å². The SMILES string of the molecule is CCOC(C)(C)n1c(C)c(C(=O)c2ccccc2)c2ccccc21. The predicted octanol–water partition coefficient (Wildman–Crippen LogP) is 4.91. The second-order valence-corrected chi connectivity index (χ2v) is 6.39. The monoisotopic (exact) mass is 321 g/mol. The summed E-state index contributed by atoms with van der Waals surface area (Å²) >= 11 is 0. The summed E-state index contributed by atoms with van der Waals surface area (Å²) in [5.41, 5.74) is 2.90. The minimum absolute atomic E-state index is 0.0512. The summed E-state index contributed by atoms with van der Waals surface area (Å²) in [6.45, 7) is 8.66. The number of para-hydroxylation sites is 1. The molecule has 0 radical (unpaired) electrons. The third-order valence-electron chi connectivity index (χ3n) is 4.41. The number of ether oxygens (including phenoxy) is 1. The summed E-state index contributed by atoms with van der Waals surface area (Å²) in [5, 5.41) is 0.969. The lowest BCUT2D eigenvalue weighted by Gasteiger charge is -2.29. The minimum Gasteiger partial charge on any atom is -0.356 e. The summed E-state index contributed by atoms with van der Waals surface area (Å²) in [5.74, 6) is 0.0512. The van der Waals surface area contributed by atoms with Crippen LogP contribution in [0.5, 0.6) is 0 Å². The lowest BCUT2D eigenvalue weighted by molar-refractivity contribution is -0.0700. The highest BCUT2D eigenvalue weighted by Gasteiger charge is 2.29. The molecule has 1 aromatic heterocycles. The summed E-state index contributed by atoms with van der Waals surface area (Å²) in [6, 6.07) is 17.5. The van der Waals surface area contributed by atoms with Crippen LogP contribution in [0, 0.1) is 6.92 Å². The van der Waals surface area contributed by atoms with Gasteiger partial charge in [0.2, 0.25) is 0 Å². The summed E-state index contributed by atoms with van der Waals surface area (Å²) in [7, 11) is 0. The largest absolute Gasteiger partial charge is 0.356 e. The zero-order valence-electron chi connectivity index (χ0n) is 14.7. The molecule has 0 aliphatic rings. The molecule has 0 saturated heterocycles. The van der Waals surface area contributed by atoms with E-state index >= 15 is 0 Å². The number of hydrogen-bond donors (Lipinski definition) is 0. The number of aromatic nitrogens is 1. The van der Waals surface area contributed by atoms with Crippen LogP contribution >= 0.6 is 0 Å². The molecule has 124 valence electrons. The predicted molar refractivity (Wildman–Crippen MR) is 97.5 cm³/mol. The van der Waals surface area contributed by atoms with Gasteiger partial charge in [-0.2, -0.15) is 0 Å². The van der Waals surface area contributed by atoms with E-state index in [0.29, 0.717) is 12.2 Å². The maximum atomic E-state index is 13.1. The van der Waals surface area contributed by atoms with Crippen molar-refractivity contribution in [1.82, 2.24) is 4.57 Å². The van der Waals surface area contributed by atoms with Gasteiger partial charge in [0.05, 0.1) is 11.1 Å². The van der Waals surface area contributed by atoms with Crippen molar-refractivity contribution in [3.8, 4) is 0 Å². The summed E-state index contributed by atoms with van der Waals surface area (Å²) in [4.78, 5) is 13.1. The summed E-state index contributed by atoms with van der Waals surface area (Å²) in [6.07, 6.45) is 0. The molecule has 0 saturated carbocycles. The van der Waals surface area contributed by atoms with Crippen LogP contribution in [0.3, 0.4) is 0 Å². The van der Waals surface area contributed by atoms with Crippen molar-refractivity contribution in [2.75, 3.05) is 6.61 Å². The van der Waals surface area contributed by atoms with Gasteiger partial charge in [-0.15, -0.1) is 0 Å². The van der Waals surface area contributed by atoms with Crippen molar-refractivity contribution in [2.45, 2.75) is 33.4 Å². The van der Waals surface area contributed by atoms with E-state index in [1.807, 2.05) is 82.3 Å². The van der Waals surface area contributed by atoms with Crippen molar-refractivity contribution < 1.29 is 9.53 Å². The molecule has 0 fully saturated rings. The van der Waals surface area contributed by atoms with E-state index in [-0.39, 0.29) is 5.78 Å². The van der Waals surface area contributed by atoms with Gasteiger partial charge in [0.15, 0.2) is 5.78 Å². The zero-order chi connectivity index (χ0) is 17.3. The molecule has 3 rings (SSSR count). The average molecular weight is 321 g/mol. The molecule has 1 heterocycles. The van der Waals surface area contributed by atoms with E-state index < -0.39 is 5.72 Å². The van der Waals surface area contributed by atoms with Gasteiger partial charge >= 0.3 is 0 Å². The molecular weight excluding hydrogens is 298 g/mol. The van der Waals surface area contributed by atoms with Gasteiger partial charge in [-0.1, -0.05) is 48.5 Å². The zero-order valence-corrected chi connectivity index (χ0v) is 14.7. The molecule has 3 heteroatoms. The number of carbonyl (C=O) groups is 1. The second kappa shape index (κ2) is 6.25. The topological polar surface area (TPSA) is 31.2 Å². The van der Waals surface area contributed by atoms with Gasteiger partial charge in [-0.05, 0) is 33.8 Å². The number of benzene rings is 2. The molecule has 2 aromatic carbocycles. The third kappa shape index (κ3) is 2.65. The van der Waals surface area contributed by atoms with Crippen LogP contribution in [0.15, 0.2) is 54.6 Å². The van der Waals surface area contributed by atoms with E-state index in [9.17, 15) is 4.79 Å². The minimum atomic E-state index is -0.520. The van der Waals surface area contributed by atoms with E-state index in [0.717, 1.165) is 22.2 Å². The fourth-order valence-electron chi connectivity index (χ4n) is 3.50. The Labute approximate surface area is 142 Å². The van der Waals surface area contributed by atoms with Gasteiger partial charge in [-0.3, -0.25) is 4.79 Å². The Morgan fingerprint density at radius 1 is 1.04 bits per heavy atom. The Kier molecular flexibility index (Phi) is 4.29. The first kappa shape index (κ1) is 16.5. The van der Waals surface area contributed by atoms with Crippen LogP contribution in [-0.4, -0.2) is 17.0 Å². The van der Waals surface area contributed by atoms with Gasteiger partial charge in [0, 0.05) is 23.3 Å². The van der Waals surface area contributed by atoms with Gasteiger partial charge in [-0.25, -0.2) is 0 Å². The van der Waals surface area contributed by atoms with Crippen LogP contribution in [-0.2, 0) is 10.5 Å². The lowest BCUT2D eigenvalue weighted by atomic mass is 10.0. The Balaban J connectivity index is 2.27. The fraction of sp³-hybridized carbons (Fsp3) is 0.286. The molecule has 3 aromatic rings. The maximum Gasteiger partial charge on any atom is 0.195 e. The lowest BCUT2D eigenvalue weighted by Crippen LogP contribution is -2.30. The van der Waals surface area contributed by atoms with Gasteiger partial charge < -0.3 is 9.30 Å². The summed E-state index contributed by atoms with van der Waals surface area (Å²) < 4.78 is 8.08. The van der Waals surface area contributed by atoms with Crippen LogP contribution in [0.2, 0.25) is 0 Å². The molecule has 0 bridgehead atoms. The smallest absolute Gasteiger partial charge is 0.195 e. The number of nitrogens with zero attached hydrogens (tertiary/aromatic N) is 1. The maximum absolute atomic E-state index is 13.1. The molecule has 24 heavy (non-hydrogen) atoms. The van der Waals surface area contributed by atoms with Crippen LogP contribution < -0.4 is 0 Å². The molecule has 0 aliphatic heterocycles. The number of fused-ring (bicyclic) bond motifs is 1. The Hall–Kier alpha value is -2.39. The molecule has 0 aliphatic carbocycles. The van der Waals surface area contributed by atoms with E-state index in [1.54, 1.807) is 0 Å². The van der Waals surface area contributed by atoms with E-state index in [4.69, 9.17) is 4.74 Å². The molecule has 3 nitrogen and oxygen atoms in total. The highest BCUT2D eigenvalue weighted by Crippen LogP contribution is 2.33. The molecular formula is C21H23NO2. The number of rotatable bonds is 5. The first-order valence-corrected chi connectivity index (χ1v) is 8.31. The van der Waals surface area contributed by atoms with Crippen LogP contribution in [0.25, 0.3) is 10.9 Å². The van der Waals surface area contributed by atoms with E-state index in [1.165, 1.54) is 0 Å². The van der Waals surface area contributed by atoms with Crippen molar-refractivity contribution in [1.29, 1.82) is 0 Å². The molecule has 0 amide bonds. The molecule has 0 unspecified atom stereocenters. The Morgan fingerprint density at radius 3 is 2.33 bits per heavy atom. The number of carbonyl (C=O) groups excluding carboxylic acids is 1. The number of hydrogen-bond acceptors (Lipinski definition) is 2. The highest BCUT2D eigenvalue weighted by molar-refractivity contribution is 6.17. The van der Waals surface area contributed by atoms with Crippen molar-refractivity contribution in [2.24, 2.45) is 0 Å². The Morgan fingerprint density at radius 2 is 1.67 bits per heavy atom. The molecule has 0 N–H and O–H groups in total. The first-order valence-electron chi connectivity index (χ1n) is 8.31. The van der Waals surface area contributed by atoms with Crippen LogP contribution in [0.1, 0.15) is 42.4 Å².